The zero-order valence-electron chi connectivity index (χ0n) is 23.5. The summed E-state index contributed by atoms with van der Waals surface area (Å²) < 4.78 is 32.1. The second-order valence-electron chi connectivity index (χ2n) is 9.74. The highest BCUT2D eigenvalue weighted by Gasteiger charge is 2.34. The van der Waals surface area contributed by atoms with Gasteiger partial charge in [0.15, 0.2) is 0 Å². The van der Waals surface area contributed by atoms with Gasteiger partial charge in [0.25, 0.3) is 0 Å². The van der Waals surface area contributed by atoms with Gasteiger partial charge in [-0.25, -0.2) is 8.42 Å². The molecule has 0 spiro atoms. The highest BCUT2D eigenvalue weighted by atomic mass is 35.5. The smallest absolute Gasteiger partial charge is 0.244 e. The van der Waals surface area contributed by atoms with Gasteiger partial charge >= 0.3 is 0 Å². The number of ether oxygens (including phenoxy) is 1. The normalized spacial score (nSPS) is 12.7. The first-order chi connectivity index (χ1) is 19.4. The third-order valence-corrected chi connectivity index (χ3v) is 8.57. The van der Waals surface area contributed by atoms with Crippen LogP contribution >= 0.6 is 23.2 Å². The van der Waals surface area contributed by atoms with Gasteiger partial charge in [-0.05, 0) is 48.7 Å². The van der Waals surface area contributed by atoms with Crippen LogP contribution in [0.15, 0.2) is 72.8 Å². The Morgan fingerprint density at radius 1 is 0.976 bits per heavy atom. The van der Waals surface area contributed by atoms with Gasteiger partial charge in [0, 0.05) is 19.0 Å². The number of carbonyl (C=O) groups is 2. The molecule has 2 atom stereocenters. The van der Waals surface area contributed by atoms with E-state index in [0.29, 0.717) is 17.7 Å². The zero-order valence-corrected chi connectivity index (χ0v) is 25.8. The number of nitrogens with one attached hydrogen (secondary N) is 1. The van der Waals surface area contributed by atoms with Crippen molar-refractivity contribution in [2.75, 3.05) is 24.2 Å². The van der Waals surface area contributed by atoms with Gasteiger partial charge in [-0.3, -0.25) is 13.9 Å². The van der Waals surface area contributed by atoms with Crippen LogP contribution in [0.3, 0.4) is 0 Å². The largest absolute Gasteiger partial charge is 0.497 e. The van der Waals surface area contributed by atoms with Crippen LogP contribution in [0.1, 0.15) is 31.4 Å². The second-order valence-corrected chi connectivity index (χ2v) is 12.4. The first kappa shape index (κ1) is 32.2. The van der Waals surface area contributed by atoms with Crippen molar-refractivity contribution in [1.82, 2.24) is 10.2 Å². The van der Waals surface area contributed by atoms with Crippen LogP contribution in [0.2, 0.25) is 10.0 Å². The Kier molecular flexibility index (Phi) is 11.5. The molecule has 0 saturated carbocycles. The number of halogens is 2. The van der Waals surface area contributed by atoms with Crippen molar-refractivity contribution < 1.29 is 22.7 Å². The molecule has 0 saturated heterocycles. The van der Waals surface area contributed by atoms with Crippen LogP contribution in [0.4, 0.5) is 5.69 Å². The molecule has 41 heavy (non-hydrogen) atoms. The molecule has 0 bridgehead atoms. The van der Waals surface area contributed by atoms with Gasteiger partial charge < -0.3 is 15.0 Å². The summed E-state index contributed by atoms with van der Waals surface area (Å²) in [6, 6.07) is 20.0. The van der Waals surface area contributed by atoms with Crippen LogP contribution in [0, 0.1) is 0 Å². The fraction of sp³-hybridized carbons (Fsp3) is 0.333. The predicted molar refractivity (Wildman–Crippen MR) is 164 cm³/mol. The Morgan fingerprint density at radius 3 is 2.27 bits per heavy atom. The van der Waals surface area contributed by atoms with Crippen molar-refractivity contribution in [3.8, 4) is 5.75 Å². The first-order valence-electron chi connectivity index (χ1n) is 13.1. The number of hydrogen-bond acceptors (Lipinski definition) is 5. The number of amides is 2. The minimum atomic E-state index is -3.97. The van der Waals surface area contributed by atoms with E-state index in [2.05, 4.69) is 5.32 Å². The van der Waals surface area contributed by atoms with E-state index in [9.17, 15) is 18.0 Å². The molecule has 0 aliphatic carbocycles. The highest BCUT2D eigenvalue weighted by Crippen LogP contribution is 2.34. The van der Waals surface area contributed by atoms with Crippen molar-refractivity contribution in [2.24, 2.45) is 0 Å². The summed E-state index contributed by atoms with van der Waals surface area (Å²) in [6.07, 6.45) is 1.90. The molecule has 3 aromatic carbocycles. The van der Waals surface area contributed by atoms with E-state index < -0.39 is 28.5 Å². The van der Waals surface area contributed by atoms with Crippen molar-refractivity contribution in [3.63, 3.8) is 0 Å². The van der Waals surface area contributed by atoms with Crippen molar-refractivity contribution in [1.29, 1.82) is 0 Å². The number of benzene rings is 3. The molecule has 0 unspecified atom stereocenters. The van der Waals surface area contributed by atoms with E-state index in [1.165, 1.54) is 17.0 Å². The fourth-order valence-corrected chi connectivity index (χ4v) is 5.54. The minimum Gasteiger partial charge on any atom is -0.497 e. The molecular formula is C30H35Cl2N3O5S. The van der Waals surface area contributed by atoms with Gasteiger partial charge in [0.1, 0.15) is 18.3 Å². The number of sulfonamides is 1. The summed E-state index contributed by atoms with van der Waals surface area (Å²) >= 11 is 12.5. The molecule has 0 aliphatic heterocycles. The fourth-order valence-electron chi connectivity index (χ4n) is 4.24. The van der Waals surface area contributed by atoms with E-state index in [0.717, 1.165) is 16.1 Å². The molecule has 3 aromatic rings. The maximum Gasteiger partial charge on any atom is 0.244 e. The molecule has 0 heterocycles. The quantitative estimate of drug-likeness (QED) is 0.279. The van der Waals surface area contributed by atoms with E-state index in [1.807, 2.05) is 50.2 Å². The molecule has 3 rings (SSSR count). The summed E-state index contributed by atoms with van der Waals surface area (Å²) in [6.45, 7) is 3.28. The van der Waals surface area contributed by atoms with Gasteiger partial charge in [-0.15, -0.1) is 0 Å². The molecule has 11 heteroatoms. The lowest BCUT2D eigenvalue weighted by molar-refractivity contribution is -0.140. The molecule has 0 aromatic heterocycles. The number of anilines is 1. The Morgan fingerprint density at radius 2 is 1.63 bits per heavy atom. The summed E-state index contributed by atoms with van der Waals surface area (Å²) in [5.74, 6) is -0.345. The van der Waals surface area contributed by atoms with Gasteiger partial charge in [-0.2, -0.15) is 0 Å². The van der Waals surface area contributed by atoms with Gasteiger partial charge in [0.05, 0.1) is 29.1 Å². The first-order valence-corrected chi connectivity index (χ1v) is 15.7. The monoisotopic (exact) mass is 619 g/mol. The van der Waals surface area contributed by atoms with E-state index in [1.54, 1.807) is 31.4 Å². The van der Waals surface area contributed by atoms with Crippen molar-refractivity contribution in [3.05, 3.63) is 94.0 Å². The molecular weight excluding hydrogens is 585 g/mol. The van der Waals surface area contributed by atoms with Crippen LogP contribution in [0.25, 0.3) is 0 Å². The number of nitrogens with zero attached hydrogens (tertiary/aromatic N) is 2. The predicted octanol–water partition coefficient (Wildman–Crippen LogP) is 5.32. The molecule has 220 valence electrons. The lowest BCUT2D eigenvalue weighted by Gasteiger charge is -2.34. The number of hydrogen-bond donors (Lipinski definition) is 1. The lowest BCUT2D eigenvalue weighted by atomic mass is 10.0. The second kappa shape index (κ2) is 14.6. The summed E-state index contributed by atoms with van der Waals surface area (Å²) in [7, 11) is -2.43. The molecule has 0 aliphatic rings. The topological polar surface area (TPSA) is 96.0 Å². The SMILES string of the molecule is CC[C@H](C)NC(=O)[C@H](Cc1ccccc1)N(Cc1cccc(OC)c1)C(=O)CN(c1cccc(Cl)c1Cl)S(C)(=O)=O. The van der Waals surface area contributed by atoms with E-state index in [-0.39, 0.29) is 40.6 Å². The van der Waals surface area contributed by atoms with Crippen LogP contribution < -0.4 is 14.4 Å². The summed E-state index contributed by atoms with van der Waals surface area (Å²) in [5, 5.41) is 3.15. The standard InChI is InChI=1S/C30H35Cl2N3O5S/c1-5-21(2)33-30(37)27(18-22-11-7-6-8-12-22)34(19-23-13-9-14-24(17-23)40-3)28(36)20-35(41(4,38)39)26-16-10-15-25(31)29(26)32/h6-17,21,27H,5,18-20H2,1-4H3,(H,33,37)/t21-,27-/m0/s1. The van der Waals surface area contributed by atoms with Gasteiger partial charge in [0.2, 0.25) is 21.8 Å². The van der Waals surface area contributed by atoms with E-state index >= 15 is 0 Å². The zero-order chi connectivity index (χ0) is 30.2. The maximum absolute atomic E-state index is 14.2. The average Bonchev–Trinajstić information content (AvgIpc) is 2.95. The minimum absolute atomic E-state index is 0.00193. The molecule has 2 amide bonds. The van der Waals surface area contributed by atoms with Crippen molar-refractivity contribution in [2.45, 2.75) is 45.3 Å². The van der Waals surface area contributed by atoms with Crippen LogP contribution in [-0.2, 0) is 32.6 Å². The molecule has 8 nitrogen and oxygen atoms in total. The Hall–Kier alpha value is -3.27. The average molecular weight is 621 g/mol. The molecule has 0 radical (unpaired) electrons. The maximum atomic E-state index is 14.2. The Labute approximate surface area is 252 Å². The summed E-state index contributed by atoms with van der Waals surface area (Å²) in [5.41, 5.74) is 1.62. The Bertz CT molecular complexity index is 1450. The summed E-state index contributed by atoms with van der Waals surface area (Å²) in [4.78, 5) is 29.3. The third kappa shape index (κ3) is 8.86. The number of methoxy groups -OCH3 is 1. The highest BCUT2D eigenvalue weighted by molar-refractivity contribution is 7.92. The van der Waals surface area contributed by atoms with E-state index in [4.69, 9.17) is 27.9 Å². The van der Waals surface area contributed by atoms with Crippen LogP contribution in [-0.4, -0.2) is 57.1 Å². The third-order valence-electron chi connectivity index (χ3n) is 6.64. The Balaban J connectivity index is 2.10. The number of rotatable bonds is 13. The van der Waals surface area contributed by atoms with Crippen molar-refractivity contribution >= 4 is 50.7 Å². The molecule has 1 N–H and O–H groups in total. The number of carbonyl (C=O) groups excluding carboxylic acids is 2. The lowest BCUT2D eigenvalue weighted by Crippen LogP contribution is -2.54. The van der Waals surface area contributed by atoms with Crippen LogP contribution in [0.5, 0.6) is 5.75 Å². The molecule has 0 fully saturated rings. The van der Waals surface area contributed by atoms with Gasteiger partial charge in [-0.1, -0.05) is 78.7 Å².